The van der Waals surface area contributed by atoms with E-state index in [-0.39, 0.29) is 29.9 Å². The van der Waals surface area contributed by atoms with E-state index in [1.54, 1.807) is 6.08 Å². The molecule has 4 heterocycles. The van der Waals surface area contributed by atoms with Crippen LogP contribution in [-0.2, 0) is 24.5 Å². The zero-order valence-electron chi connectivity index (χ0n) is 17.1. The van der Waals surface area contributed by atoms with Crippen molar-refractivity contribution in [3.8, 4) is 0 Å². The Hall–Kier alpha value is -2.51. The summed E-state index contributed by atoms with van der Waals surface area (Å²) in [6, 6.07) is 8.21. The van der Waals surface area contributed by atoms with E-state index in [1.165, 1.54) is 5.56 Å². The maximum atomic E-state index is 13.3. The molecule has 0 aromatic heterocycles. The second kappa shape index (κ2) is 7.96. The van der Waals surface area contributed by atoms with Crippen molar-refractivity contribution in [1.29, 1.82) is 0 Å². The molecule has 0 bridgehead atoms. The number of allylic oxidation sites excluding steroid dienone is 1. The fourth-order valence-electron chi connectivity index (χ4n) is 5.00. The van der Waals surface area contributed by atoms with Crippen molar-refractivity contribution in [1.82, 2.24) is 4.90 Å². The zero-order valence-corrected chi connectivity index (χ0v) is 17.1. The minimum absolute atomic E-state index is 0.0111. The van der Waals surface area contributed by atoms with Gasteiger partial charge in [-0.15, -0.1) is 0 Å². The second-order valence-corrected chi connectivity index (χ2v) is 8.49. The molecular weight excluding hydrogens is 382 g/mol. The Kier molecular flexibility index (Phi) is 5.16. The smallest absolute Gasteiger partial charge is 0.232 e. The Bertz CT molecular complexity index is 911. The first-order chi connectivity index (χ1) is 14.6. The summed E-state index contributed by atoms with van der Waals surface area (Å²) >= 11 is 0. The average molecular weight is 409 g/mol. The third-order valence-electron chi connectivity index (χ3n) is 6.61. The van der Waals surface area contributed by atoms with E-state index in [0.717, 1.165) is 31.7 Å². The van der Waals surface area contributed by atoms with Crippen LogP contribution in [0.2, 0.25) is 0 Å². The highest BCUT2D eigenvalue weighted by molar-refractivity contribution is 6.16. The van der Waals surface area contributed by atoms with Gasteiger partial charge >= 0.3 is 0 Å². The van der Waals surface area contributed by atoms with E-state index >= 15 is 0 Å². The molecule has 0 N–H and O–H groups in total. The van der Waals surface area contributed by atoms with Crippen LogP contribution in [0.3, 0.4) is 0 Å². The van der Waals surface area contributed by atoms with Gasteiger partial charge in [0.25, 0.3) is 0 Å². The number of carbonyl (C=O) groups is 2. The van der Waals surface area contributed by atoms with Crippen molar-refractivity contribution in [2.24, 2.45) is 4.99 Å². The number of anilines is 1. The first-order valence-corrected chi connectivity index (χ1v) is 10.8. The molecule has 158 valence electrons. The van der Waals surface area contributed by atoms with Gasteiger partial charge < -0.3 is 19.3 Å². The van der Waals surface area contributed by atoms with Crippen LogP contribution in [0.5, 0.6) is 0 Å². The van der Waals surface area contributed by atoms with E-state index in [1.807, 2.05) is 23.1 Å². The molecule has 2 fully saturated rings. The summed E-state index contributed by atoms with van der Waals surface area (Å²) in [7, 11) is 0. The van der Waals surface area contributed by atoms with Gasteiger partial charge in [-0.1, -0.05) is 18.2 Å². The van der Waals surface area contributed by atoms with Crippen molar-refractivity contribution in [2.45, 2.75) is 31.1 Å². The number of morpholine rings is 1. The summed E-state index contributed by atoms with van der Waals surface area (Å²) in [4.78, 5) is 34.3. The summed E-state index contributed by atoms with van der Waals surface area (Å²) in [5, 5.41) is 0. The van der Waals surface area contributed by atoms with Crippen molar-refractivity contribution in [3.05, 3.63) is 41.7 Å². The molecule has 1 aromatic carbocycles. The molecule has 30 heavy (non-hydrogen) atoms. The van der Waals surface area contributed by atoms with Crippen LogP contribution in [-0.4, -0.2) is 68.4 Å². The summed E-state index contributed by atoms with van der Waals surface area (Å²) in [6.45, 7) is 4.83. The molecule has 7 nitrogen and oxygen atoms in total. The number of hydrogen-bond donors (Lipinski definition) is 0. The lowest BCUT2D eigenvalue weighted by Crippen LogP contribution is -2.41. The normalized spacial score (nSPS) is 23.3. The fraction of sp³-hybridized carbons (Fsp3) is 0.522. The van der Waals surface area contributed by atoms with E-state index in [0.29, 0.717) is 44.4 Å². The molecule has 2 saturated heterocycles. The molecule has 0 unspecified atom stereocenters. The molecule has 1 spiro atoms. The second-order valence-electron chi connectivity index (χ2n) is 8.49. The highest BCUT2D eigenvalue weighted by Gasteiger charge is 2.45. The average Bonchev–Trinajstić information content (AvgIpc) is 3.09. The van der Waals surface area contributed by atoms with Crippen LogP contribution in [0, 0.1) is 0 Å². The molecule has 0 radical (unpaired) electrons. The minimum Gasteiger partial charge on any atom is -0.381 e. The van der Waals surface area contributed by atoms with Crippen LogP contribution in [0.4, 0.5) is 5.69 Å². The minimum atomic E-state index is -0.0203. The number of carbonyl (C=O) groups excluding carboxylic acids is 2. The van der Waals surface area contributed by atoms with Gasteiger partial charge in [0, 0.05) is 62.2 Å². The summed E-state index contributed by atoms with van der Waals surface area (Å²) in [5.74, 6) is 0.692. The molecule has 7 heteroatoms. The van der Waals surface area contributed by atoms with Crippen LogP contribution >= 0.6 is 0 Å². The lowest BCUT2D eigenvalue weighted by molar-refractivity contribution is -0.117. The fourth-order valence-corrected chi connectivity index (χ4v) is 5.00. The molecule has 0 saturated carbocycles. The van der Waals surface area contributed by atoms with Crippen LogP contribution in [0.1, 0.15) is 31.2 Å². The number of ketones is 1. The molecule has 4 aliphatic rings. The number of ether oxygens (including phenoxy) is 2. The predicted octanol–water partition coefficient (Wildman–Crippen LogP) is 2.06. The zero-order chi connectivity index (χ0) is 20.6. The quantitative estimate of drug-likeness (QED) is 0.764. The van der Waals surface area contributed by atoms with Crippen LogP contribution in [0.15, 0.2) is 41.2 Å². The van der Waals surface area contributed by atoms with Crippen molar-refractivity contribution >= 4 is 23.1 Å². The van der Waals surface area contributed by atoms with E-state index in [2.05, 4.69) is 16.0 Å². The Morgan fingerprint density at radius 2 is 1.80 bits per heavy atom. The number of hydrogen-bond acceptors (Lipinski definition) is 6. The van der Waals surface area contributed by atoms with Gasteiger partial charge in [0.2, 0.25) is 5.91 Å². The molecule has 4 aliphatic heterocycles. The molecular formula is C23H27N3O4. The van der Waals surface area contributed by atoms with Gasteiger partial charge in [-0.2, -0.15) is 0 Å². The standard InChI is InChI=1S/C23H27N3O4/c27-18-13-17(24-21(15-18)25-7-11-30-12-8-25)14-22(28)26-16-23(5-9-29-10-6-23)19-3-1-2-4-20(19)26/h1-4,15H,5-14,16H2. The van der Waals surface area contributed by atoms with Gasteiger partial charge in [0.15, 0.2) is 5.78 Å². The Labute approximate surface area is 176 Å². The van der Waals surface area contributed by atoms with E-state index in [4.69, 9.17) is 9.47 Å². The maximum absolute atomic E-state index is 13.3. The van der Waals surface area contributed by atoms with E-state index < -0.39 is 0 Å². The Morgan fingerprint density at radius 3 is 2.60 bits per heavy atom. The molecule has 1 amide bonds. The van der Waals surface area contributed by atoms with Crippen molar-refractivity contribution in [3.63, 3.8) is 0 Å². The van der Waals surface area contributed by atoms with Gasteiger partial charge in [-0.05, 0) is 24.5 Å². The number of nitrogens with zero attached hydrogens (tertiary/aromatic N) is 3. The molecule has 5 rings (SSSR count). The van der Waals surface area contributed by atoms with Crippen LogP contribution in [0.25, 0.3) is 0 Å². The number of benzene rings is 1. The van der Waals surface area contributed by atoms with Gasteiger partial charge in [-0.3, -0.25) is 9.59 Å². The predicted molar refractivity (Wildman–Crippen MR) is 113 cm³/mol. The monoisotopic (exact) mass is 409 g/mol. The Morgan fingerprint density at radius 1 is 1.07 bits per heavy atom. The van der Waals surface area contributed by atoms with Gasteiger partial charge in [0.05, 0.1) is 19.6 Å². The first kappa shape index (κ1) is 19.5. The third kappa shape index (κ3) is 3.56. The number of para-hydroxylation sites is 1. The summed E-state index contributed by atoms with van der Waals surface area (Å²) < 4.78 is 11.0. The number of rotatable bonds is 3. The number of amides is 1. The van der Waals surface area contributed by atoms with Crippen LogP contribution < -0.4 is 4.90 Å². The first-order valence-electron chi connectivity index (χ1n) is 10.8. The lowest BCUT2D eigenvalue weighted by Gasteiger charge is -2.34. The highest BCUT2D eigenvalue weighted by Crippen LogP contribution is 2.46. The van der Waals surface area contributed by atoms with Crippen molar-refractivity contribution < 1.29 is 19.1 Å². The Balaban J connectivity index is 1.36. The van der Waals surface area contributed by atoms with E-state index in [9.17, 15) is 9.59 Å². The molecule has 0 aliphatic carbocycles. The van der Waals surface area contributed by atoms with Gasteiger partial charge in [-0.25, -0.2) is 4.99 Å². The SMILES string of the molecule is O=C1C=C(N2CCOCC2)N=C(CC(=O)N2CC3(CCOCC3)c3ccccc32)C1. The molecule has 1 aromatic rings. The van der Waals surface area contributed by atoms with Gasteiger partial charge in [0.1, 0.15) is 5.82 Å². The number of aliphatic imine (C=N–C) groups is 1. The highest BCUT2D eigenvalue weighted by atomic mass is 16.5. The summed E-state index contributed by atoms with van der Waals surface area (Å²) in [5.41, 5.74) is 2.88. The number of fused-ring (bicyclic) bond motifs is 2. The van der Waals surface area contributed by atoms with Crippen molar-refractivity contribution in [2.75, 3.05) is 51.0 Å². The third-order valence-corrected chi connectivity index (χ3v) is 6.61. The maximum Gasteiger partial charge on any atom is 0.232 e. The lowest BCUT2D eigenvalue weighted by atomic mass is 9.76. The summed E-state index contributed by atoms with van der Waals surface area (Å²) in [6.07, 6.45) is 3.85. The molecule has 0 atom stereocenters. The largest absolute Gasteiger partial charge is 0.381 e. The topological polar surface area (TPSA) is 71.4 Å².